The second-order valence-corrected chi connectivity index (χ2v) is 5.57. The Kier molecular flexibility index (Phi) is 12.2. The van der Waals surface area contributed by atoms with Crippen LogP contribution < -0.4 is 5.32 Å². The number of unbranched alkanes of at least 4 members (excludes halogenated alkanes) is 5. The average molecular weight is 275 g/mol. The van der Waals surface area contributed by atoms with Crippen molar-refractivity contribution < 1.29 is 14.7 Å². The topological polar surface area (TPSA) is 66.4 Å². The maximum atomic E-state index is 10.7. The third-order valence-corrected chi connectivity index (χ3v) is 3.86. The lowest BCUT2D eigenvalue weighted by atomic mass is 10.1. The zero-order valence-corrected chi connectivity index (χ0v) is 12.0. The molecule has 1 amide bonds. The minimum Gasteiger partial charge on any atom is -0.480 e. The van der Waals surface area contributed by atoms with Crippen molar-refractivity contribution >= 4 is 24.1 Å². The largest absolute Gasteiger partial charge is 0.480 e. The highest BCUT2D eigenvalue weighted by Gasteiger charge is 2.14. The van der Waals surface area contributed by atoms with Gasteiger partial charge in [-0.2, -0.15) is 11.8 Å². The first-order chi connectivity index (χ1) is 8.72. The molecule has 0 saturated heterocycles. The fraction of sp³-hybridized carbons (Fsp3) is 0.846. The van der Waals surface area contributed by atoms with Gasteiger partial charge in [0.25, 0.3) is 0 Å². The van der Waals surface area contributed by atoms with Crippen molar-refractivity contribution in [2.45, 2.75) is 57.9 Å². The molecule has 0 aromatic heterocycles. The number of thioether (sulfide) groups is 1. The number of carbonyl (C=O) groups excluding carboxylic acids is 1. The highest BCUT2D eigenvalue weighted by molar-refractivity contribution is 7.99. The molecule has 0 aromatic rings. The van der Waals surface area contributed by atoms with E-state index >= 15 is 0 Å². The van der Waals surface area contributed by atoms with Crippen molar-refractivity contribution in [3.63, 3.8) is 0 Å². The van der Waals surface area contributed by atoms with Crippen molar-refractivity contribution in [3.8, 4) is 0 Å². The Bertz CT molecular complexity index is 224. The van der Waals surface area contributed by atoms with Crippen molar-refractivity contribution in [1.82, 2.24) is 5.32 Å². The summed E-state index contributed by atoms with van der Waals surface area (Å²) in [5, 5.41) is 11.1. The van der Waals surface area contributed by atoms with Gasteiger partial charge < -0.3 is 10.4 Å². The molecule has 0 bridgehead atoms. The molecule has 1 unspecified atom stereocenters. The normalized spacial score (nSPS) is 12.1. The number of amides is 1. The van der Waals surface area contributed by atoms with Crippen LogP contribution in [0.1, 0.15) is 51.9 Å². The van der Waals surface area contributed by atoms with Crippen LogP contribution in [0.5, 0.6) is 0 Å². The number of hydrogen-bond donors (Lipinski definition) is 2. The molecule has 0 spiro atoms. The molecular weight excluding hydrogens is 250 g/mol. The van der Waals surface area contributed by atoms with Gasteiger partial charge in [-0.05, 0) is 24.3 Å². The highest BCUT2D eigenvalue weighted by atomic mass is 32.2. The van der Waals surface area contributed by atoms with Crippen LogP contribution in [0.4, 0.5) is 0 Å². The molecule has 4 nitrogen and oxygen atoms in total. The van der Waals surface area contributed by atoms with E-state index < -0.39 is 12.0 Å². The van der Waals surface area contributed by atoms with Crippen molar-refractivity contribution in [1.29, 1.82) is 0 Å². The fourth-order valence-corrected chi connectivity index (χ4v) is 2.66. The number of hydrogen-bond acceptors (Lipinski definition) is 3. The van der Waals surface area contributed by atoms with Gasteiger partial charge in [0, 0.05) is 0 Å². The smallest absolute Gasteiger partial charge is 0.326 e. The van der Waals surface area contributed by atoms with Gasteiger partial charge in [-0.1, -0.05) is 39.0 Å². The SMILES string of the molecule is CCCCCCCCSCCC(NC=O)C(=O)O. The standard InChI is InChI=1S/C13H25NO3S/c1-2-3-4-5-6-7-9-18-10-8-12(13(16)17)14-11-15/h11-12H,2-10H2,1H3,(H,14,15)(H,16,17). The maximum absolute atomic E-state index is 10.7. The number of carboxylic acids is 1. The van der Waals surface area contributed by atoms with Crippen LogP contribution in [-0.4, -0.2) is 35.0 Å². The first kappa shape index (κ1) is 17.3. The minimum atomic E-state index is -0.956. The van der Waals surface area contributed by atoms with Gasteiger partial charge in [0.05, 0.1) is 0 Å². The van der Waals surface area contributed by atoms with Crippen LogP contribution in [0.2, 0.25) is 0 Å². The Morgan fingerprint density at radius 1 is 1.22 bits per heavy atom. The Hall–Kier alpha value is -0.710. The predicted molar refractivity (Wildman–Crippen MR) is 75.9 cm³/mol. The molecule has 0 rings (SSSR count). The zero-order chi connectivity index (χ0) is 13.6. The average Bonchev–Trinajstić information content (AvgIpc) is 2.35. The molecule has 0 saturated carbocycles. The number of carboxylic acid groups (broad SMARTS) is 1. The summed E-state index contributed by atoms with van der Waals surface area (Å²) in [6, 6.07) is -0.737. The third kappa shape index (κ3) is 10.4. The van der Waals surface area contributed by atoms with Crippen molar-refractivity contribution in [2.24, 2.45) is 0 Å². The van der Waals surface area contributed by atoms with E-state index in [9.17, 15) is 9.59 Å². The van der Waals surface area contributed by atoms with Crippen molar-refractivity contribution in [3.05, 3.63) is 0 Å². The number of nitrogens with one attached hydrogen (secondary N) is 1. The van der Waals surface area contributed by atoms with Gasteiger partial charge in [-0.3, -0.25) is 4.79 Å². The Morgan fingerprint density at radius 3 is 2.50 bits per heavy atom. The molecule has 106 valence electrons. The molecule has 18 heavy (non-hydrogen) atoms. The summed E-state index contributed by atoms with van der Waals surface area (Å²) in [7, 11) is 0. The molecule has 1 atom stereocenters. The highest BCUT2D eigenvalue weighted by Crippen LogP contribution is 2.11. The van der Waals surface area contributed by atoms with E-state index in [2.05, 4.69) is 12.2 Å². The monoisotopic (exact) mass is 275 g/mol. The van der Waals surface area contributed by atoms with E-state index in [1.54, 1.807) is 11.8 Å². The van der Waals surface area contributed by atoms with Crippen LogP contribution in [0, 0.1) is 0 Å². The summed E-state index contributed by atoms with van der Waals surface area (Å²) in [5.74, 6) is 0.911. The predicted octanol–water partition coefficient (Wildman–Crippen LogP) is 2.67. The Balaban J connectivity index is 3.32. The summed E-state index contributed by atoms with van der Waals surface area (Å²) in [6.07, 6.45) is 8.64. The van der Waals surface area contributed by atoms with Crippen LogP contribution in [0.25, 0.3) is 0 Å². The molecule has 0 aromatic carbocycles. The molecule has 0 heterocycles. The summed E-state index contributed by atoms with van der Waals surface area (Å²) < 4.78 is 0. The van der Waals surface area contributed by atoms with Crippen LogP contribution in [-0.2, 0) is 9.59 Å². The Labute approximate surface area is 114 Å². The van der Waals surface area contributed by atoms with Crippen LogP contribution >= 0.6 is 11.8 Å². The molecule has 0 fully saturated rings. The van der Waals surface area contributed by atoms with E-state index in [0.717, 1.165) is 11.5 Å². The molecule has 5 heteroatoms. The first-order valence-corrected chi connectivity index (χ1v) is 7.88. The molecule has 0 aliphatic carbocycles. The summed E-state index contributed by atoms with van der Waals surface area (Å²) in [6.45, 7) is 2.21. The minimum absolute atomic E-state index is 0.456. The molecule has 0 radical (unpaired) electrons. The fourth-order valence-electron chi connectivity index (χ4n) is 1.65. The second kappa shape index (κ2) is 12.7. The molecule has 0 aliphatic rings. The van der Waals surface area contributed by atoms with E-state index in [1.165, 1.54) is 38.5 Å². The van der Waals surface area contributed by atoms with E-state index in [-0.39, 0.29) is 0 Å². The third-order valence-electron chi connectivity index (χ3n) is 2.76. The lowest BCUT2D eigenvalue weighted by molar-refractivity contribution is -0.140. The van der Waals surface area contributed by atoms with Gasteiger partial charge in [-0.25, -0.2) is 4.79 Å². The first-order valence-electron chi connectivity index (χ1n) is 6.72. The van der Waals surface area contributed by atoms with Gasteiger partial charge in [0.2, 0.25) is 6.41 Å². The molecule has 2 N–H and O–H groups in total. The van der Waals surface area contributed by atoms with Gasteiger partial charge in [0.1, 0.15) is 6.04 Å². The van der Waals surface area contributed by atoms with Crippen LogP contribution in [0.3, 0.4) is 0 Å². The lowest BCUT2D eigenvalue weighted by Crippen LogP contribution is -2.36. The van der Waals surface area contributed by atoms with Gasteiger partial charge >= 0.3 is 5.97 Å². The van der Waals surface area contributed by atoms with E-state index in [4.69, 9.17) is 5.11 Å². The van der Waals surface area contributed by atoms with Crippen LogP contribution in [0.15, 0.2) is 0 Å². The van der Waals surface area contributed by atoms with Gasteiger partial charge in [-0.15, -0.1) is 0 Å². The summed E-state index contributed by atoms with van der Waals surface area (Å²) in [4.78, 5) is 20.9. The number of aliphatic carboxylic acids is 1. The number of rotatable bonds is 13. The maximum Gasteiger partial charge on any atom is 0.326 e. The molecule has 0 aliphatic heterocycles. The molecular formula is C13H25NO3S. The zero-order valence-electron chi connectivity index (χ0n) is 11.2. The van der Waals surface area contributed by atoms with Gasteiger partial charge in [0.15, 0.2) is 0 Å². The second-order valence-electron chi connectivity index (χ2n) is 4.34. The summed E-state index contributed by atoms with van der Waals surface area (Å²) in [5.41, 5.74) is 0. The lowest BCUT2D eigenvalue weighted by Gasteiger charge is -2.10. The number of carbonyl (C=O) groups is 2. The summed E-state index contributed by atoms with van der Waals surface area (Å²) >= 11 is 1.77. The quantitative estimate of drug-likeness (QED) is 0.400. The Morgan fingerprint density at radius 2 is 1.89 bits per heavy atom. The van der Waals surface area contributed by atoms with E-state index in [1.807, 2.05) is 0 Å². The van der Waals surface area contributed by atoms with E-state index in [0.29, 0.717) is 12.8 Å². The van der Waals surface area contributed by atoms with Crippen molar-refractivity contribution in [2.75, 3.05) is 11.5 Å².